The van der Waals surface area contributed by atoms with E-state index in [2.05, 4.69) is 10.3 Å². The molecule has 0 spiro atoms. The van der Waals surface area contributed by atoms with Crippen molar-refractivity contribution < 1.29 is 4.92 Å². The van der Waals surface area contributed by atoms with E-state index >= 15 is 0 Å². The first-order valence-corrected chi connectivity index (χ1v) is 5.96. The zero-order valence-corrected chi connectivity index (χ0v) is 10.9. The molecule has 0 aliphatic heterocycles. The number of hydrogen-bond acceptors (Lipinski definition) is 4. The number of nitro benzene ring substituents is 1. The molecule has 0 saturated carbocycles. The molecule has 0 radical (unpaired) electrons. The summed E-state index contributed by atoms with van der Waals surface area (Å²) in [6.45, 7) is 4.41. The molecule has 2 rings (SSSR count). The molecule has 1 aromatic heterocycles. The van der Waals surface area contributed by atoms with Gasteiger partial charge < -0.3 is 5.32 Å². The first kappa shape index (κ1) is 13.0. The minimum absolute atomic E-state index is 0.0899. The molecular weight excluding hydrogens is 242 g/mol. The van der Waals surface area contributed by atoms with Gasteiger partial charge in [-0.2, -0.15) is 0 Å². The summed E-state index contributed by atoms with van der Waals surface area (Å²) in [5.41, 5.74) is 3.74. The topological polar surface area (TPSA) is 68.1 Å². The lowest BCUT2D eigenvalue weighted by Crippen LogP contribution is -2.04. The number of hydrogen-bond donors (Lipinski definition) is 1. The van der Waals surface area contributed by atoms with E-state index in [1.807, 2.05) is 19.9 Å². The number of aryl methyl sites for hydroxylation is 2. The van der Waals surface area contributed by atoms with Crippen LogP contribution in [0.2, 0.25) is 0 Å². The predicted molar refractivity (Wildman–Crippen MR) is 74.1 cm³/mol. The quantitative estimate of drug-likeness (QED) is 0.674. The maximum atomic E-state index is 11.0. The van der Waals surface area contributed by atoms with Gasteiger partial charge in [0.25, 0.3) is 5.69 Å². The van der Waals surface area contributed by atoms with Gasteiger partial charge in [0, 0.05) is 25.0 Å². The lowest BCUT2D eigenvalue weighted by molar-refractivity contribution is -0.384. The van der Waals surface area contributed by atoms with E-state index in [-0.39, 0.29) is 10.6 Å². The van der Waals surface area contributed by atoms with Crippen molar-refractivity contribution in [2.24, 2.45) is 0 Å². The van der Waals surface area contributed by atoms with Crippen LogP contribution in [0.4, 0.5) is 11.4 Å². The molecule has 0 amide bonds. The lowest BCUT2D eigenvalue weighted by Gasteiger charge is -2.09. The average Bonchev–Trinajstić information content (AvgIpc) is 2.37. The Bertz CT molecular complexity index is 611. The van der Waals surface area contributed by atoms with Crippen LogP contribution in [-0.4, -0.2) is 9.91 Å². The minimum Gasteiger partial charge on any atom is -0.375 e. The number of nitrogens with one attached hydrogen (secondary N) is 1. The van der Waals surface area contributed by atoms with E-state index in [0.29, 0.717) is 12.2 Å². The molecule has 0 saturated heterocycles. The van der Waals surface area contributed by atoms with E-state index in [0.717, 1.165) is 16.7 Å². The number of nitro groups is 1. The largest absolute Gasteiger partial charge is 0.375 e. The van der Waals surface area contributed by atoms with E-state index in [4.69, 9.17) is 0 Å². The molecule has 0 aliphatic carbocycles. The van der Waals surface area contributed by atoms with Gasteiger partial charge in [-0.15, -0.1) is 0 Å². The molecule has 0 atom stereocenters. The fourth-order valence-corrected chi connectivity index (χ4v) is 1.82. The number of rotatable bonds is 4. The summed E-state index contributed by atoms with van der Waals surface area (Å²) in [5, 5.41) is 14.1. The number of anilines is 1. The molecule has 1 aromatic carbocycles. The van der Waals surface area contributed by atoms with Crippen molar-refractivity contribution in [1.82, 2.24) is 4.98 Å². The highest BCUT2D eigenvalue weighted by atomic mass is 16.6. The monoisotopic (exact) mass is 257 g/mol. The third-order valence-corrected chi connectivity index (χ3v) is 2.97. The summed E-state index contributed by atoms with van der Waals surface area (Å²) in [5.74, 6) is 0. The zero-order valence-electron chi connectivity index (χ0n) is 10.9. The van der Waals surface area contributed by atoms with Gasteiger partial charge in [0.1, 0.15) is 5.69 Å². The van der Waals surface area contributed by atoms with Crippen LogP contribution in [0.5, 0.6) is 0 Å². The molecule has 1 N–H and O–H groups in total. The van der Waals surface area contributed by atoms with Crippen LogP contribution >= 0.6 is 0 Å². The van der Waals surface area contributed by atoms with Crippen molar-refractivity contribution in [3.05, 3.63) is 63.5 Å². The van der Waals surface area contributed by atoms with Gasteiger partial charge in [0.05, 0.1) is 4.92 Å². The molecule has 5 nitrogen and oxygen atoms in total. The van der Waals surface area contributed by atoms with Crippen LogP contribution in [0, 0.1) is 24.0 Å². The second-order valence-corrected chi connectivity index (χ2v) is 4.43. The van der Waals surface area contributed by atoms with Gasteiger partial charge in [0.15, 0.2) is 0 Å². The molecule has 2 aromatic rings. The molecular formula is C14H15N3O2. The van der Waals surface area contributed by atoms with Gasteiger partial charge in [-0.05, 0) is 42.7 Å². The van der Waals surface area contributed by atoms with Crippen molar-refractivity contribution in [3.8, 4) is 0 Å². The first-order chi connectivity index (χ1) is 9.08. The van der Waals surface area contributed by atoms with Crippen molar-refractivity contribution in [1.29, 1.82) is 0 Å². The van der Waals surface area contributed by atoms with Gasteiger partial charge in [-0.1, -0.05) is 6.07 Å². The standard InChI is InChI=1S/C14H15N3O2/c1-10-3-4-14(17(18)19)13(7-10)16-9-12-8-15-6-5-11(12)2/h3-8,16H,9H2,1-2H3. The Labute approximate surface area is 111 Å². The van der Waals surface area contributed by atoms with Crippen LogP contribution in [0.15, 0.2) is 36.7 Å². The van der Waals surface area contributed by atoms with E-state index in [9.17, 15) is 10.1 Å². The Morgan fingerprint density at radius 3 is 2.79 bits per heavy atom. The average molecular weight is 257 g/mol. The van der Waals surface area contributed by atoms with E-state index in [1.165, 1.54) is 6.07 Å². The normalized spacial score (nSPS) is 10.2. The van der Waals surface area contributed by atoms with Crippen molar-refractivity contribution in [2.45, 2.75) is 20.4 Å². The van der Waals surface area contributed by atoms with Gasteiger partial charge in [0.2, 0.25) is 0 Å². The first-order valence-electron chi connectivity index (χ1n) is 5.96. The highest BCUT2D eigenvalue weighted by molar-refractivity contribution is 5.62. The summed E-state index contributed by atoms with van der Waals surface area (Å²) >= 11 is 0. The molecule has 98 valence electrons. The number of aromatic nitrogens is 1. The third kappa shape index (κ3) is 3.07. The molecule has 1 heterocycles. The Morgan fingerprint density at radius 1 is 1.32 bits per heavy atom. The SMILES string of the molecule is Cc1ccc([N+](=O)[O-])c(NCc2cnccc2C)c1. The predicted octanol–water partition coefficient (Wildman–Crippen LogP) is 3.22. The lowest BCUT2D eigenvalue weighted by atomic mass is 10.1. The highest BCUT2D eigenvalue weighted by Crippen LogP contribution is 2.25. The second kappa shape index (κ2) is 5.48. The van der Waals surface area contributed by atoms with Gasteiger partial charge in [-0.25, -0.2) is 0 Å². The van der Waals surface area contributed by atoms with E-state index < -0.39 is 0 Å². The van der Waals surface area contributed by atoms with Crippen molar-refractivity contribution in [3.63, 3.8) is 0 Å². The fraction of sp³-hybridized carbons (Fsp3) is 0.214. The van der Waals surface area contributed by atoms with Crippen LogP contribution in [0.25, 0.3) is 0 Å². The van der Waals surface area contributed by atoms with Crippen LogP contribution in [0.3, 0.4) is 0 Å². The molecule has 0 unspecified atom stereocenters. The molecule has 5 heteroatoms. The Morgan fingerprint density at radius 2 is 2.11 bits per heavy atom. The number of benzene rings is 1. The Hall–Kier alpha value is -2.43. The van der Waals surface area contributed by atoms with Crippen molar-refractivity contribution in [2.75, 3.05) is 5.32 Å². The second-order valence-electron chi connectivity index (χ2n) is 4.43. The van der Waals surface area contributed by atoms with Crippen LogP contribution < -0.4 is 5.32 Å². The van der Waals surface area contributed by atoms with Crippen LogP contribution in [-0.2, 0) is 6.54 Å². The van der Waals surface area contributed by atoms with Gasteiger partial charge in [-0.3, -0.25) is 15.1 Å². The number of pyridine rings is 1. The smallest absolute Gasteiger partial charge is 0.292 e. The third-order valence-electron chi connectivity index (χ3n) is 2.97. The summed E-state index contributed by atoms with van der Waals surface area (Å²) in [4.78, 5) is 14.6. The molecule has 0 bridgehead atoms. The molecule has 19 heavy (non-hydrogen) atoms. The Balaban J connectivity index is 2.22. The van der Waals surface area contributed by atoms with Crippen molar-refractivity contribution >= 4 is 11.4 Å². The zero-order chi connectivity index (χ0) is 13.8. The van der Waals surface area contributed by atoms with E-state index in [1.54, 1.807) is 24.5 Å². The highest BCUT2D eigenvalue weighted by Gasteiger charge is 2.13. The maximum absolute atomic E-state index is 11.0. The van der Waals surface area contributed by atoms with Crippen LogP contribution in [0.1, 0.15) is 16.7 Å². The summed E-state index contributed by atoms with van der Waals surface area (Å²) in [6.07, 6.45) is 3.50. The molecule has 0 aliphatic rings. The summed E-state index contributed by atoms with van der Waals surface area (Å²) in [7, 11) is 0. The Kier molecular flexibility index (Phi) is 3.75. The minimum atomic E-state index is -0.377. The summed E-state index contributed by atoms with van der Waals surface area (Å²) in [6, 6.07) is 6.96. The van der Waals surface area contributed by atoms with Gasteiger partial charge >= 0.3 is 0 Å². The number of nitrogens with zero attached hydrogens (tertiary/aromatic N) is 2. The summed E-state index contributed by atoms with van der Waals surface area (Å²) < 4.78 is 0. The fourth-order valence-electron chi connectivity index (χ4n) is 1.82. The maximum Gasteiger partial charge on any atom is 0.292 e. The molecule has 0 fully saturated rings.